The van der Waals surface area contributed by atoms with Crippen molar-refractivity contribution in [3.63, 3.8) is 0 Å². The van der Waals surface area contributed by atoms with Crippen molar-refractivity contribution < 1.29 is 9.18 Å². The second kappa shape index (κ2) is 7.03. The lowest BCUT2D eigenvalue weighted by molar-refractivity contribution is -0.123. The number of benzene rings is 1. The van der Waals surface area contributed by atoms with Crippen LogP contribution in [0, 0.1) is 12.7 Å². The Kier molecular flexibility index (Phi) is 5.34. The highest BCUT2D eigenvalue weighted by molar-refractivity contribution is 5.81. The second-order valence-corrected chi connectivity index (χ2v) is 6.11. The predicted octanol–water partition coefficient (Wildman–Crippen LogP) is 3.23. The molecule has 2 atom stereocenters. The van der Waals surface area contributed by atoms with Gasteiger partial charge in [-0.1, -0.05) is 25.0 Å². The molecule has 2 unspecified atom stereocenters. The van der Waals surface area contributed by atoms with Gasteiger partial charge >= 0.3 is 0 Å². The van der Waals surface area contributed by atoms with E-state index in [2.05, 4.69) is 10.6 Å². The van der Waals surface area contributed by atoms with Gasteiger partial charge < -0.3 is 5.32 Å². The molecule has 1 amide bonds. The first-order chi connectivity index (χ1) is 9.97. The maximum absolute atomic E-state index is 13.6. The molecule has 1 aliphatic rings. The second-order valence-electron chi connectivity index (χ2n) is 6.11. The van der Waals surface area contributed by atoms with E-state index in [4.69, 9.17) is 0 Å². The van der Waals surface area contributed by atoms with Crippen molar-refractivity contribution in [3.05, 3.63) is 35.1 Å². The van der Waals surface area contributed by atoms with Gasteiger partial charge in [-0.2, -0.15) is 0 Å². The standard InChI is InChI=1S/C17H25FN2O/c1-11-8-9-14(10-16(11)18)12(2)19-13(3)17(21)20-15-6-4-5-7-15/h8-10,12-13,15,19H,4-7H2,1-3H3,(H,20,21). The van der Waals surface area contributed by atoms with Crippen molar-refractivity contribution in [2.45, 2.75) is 64.6 Å². The van der Waals surface area contributed by atoms with E-state index >= 15 is 0 Å². The molecule has 0 aliphatic heterocycles. The molecule has 0 aromatic heterocycles. The fourth-order valence-corrected chi connectivity index (χ4v) is 2.82. The van der Waals surface area contributed by atoms with Crippen LogP contribution in [0.4, 0.5) is 4.39 Å². The van der Waals surface area contributed by atoms with E-state index in [0.29, 0.717) is 11.6 Å². The van der Waals surface area contributed by atoms with Crippen LogP contribution < -0.4 is 10.6 Å². The molecule has 2 rings (SSSR count). The van der Waals surface area contributed by atoms with E-state index in [1.807, 2.05) is 19.9 Å². The number of aryl methyl sites for hydroxylation is 1. The fraction of sp³-hybridized carbons (Fsp3) is 0.588. The third-order valence-electron chi connectivity index (χ3n) is 4.29. The summed E-state index contributed by atoms with van der Waals surface area (Å²) in [6.07, 6.45) is 4.56. The zero-order valence-electron chi connectivity index (χ0n) is 13.1. The first-order valence-electron chi connectivity index (χ1n) is 7.80. The Bertz CT molecular complexity index is 498. The molecular formula is C17H25FN2O. The first kappa shape index (κ1) is 16.0. The highest BCUT2D eigenvalue weighted by Gasteiger charge is 2.21. The van der Waals surface area contributed by atoms with Crippen molar-refractivity contribution in [1.29, 1.82) is 0 Å². The Balaban J connectivity index is 1.89. The van der Waals surface area contributed by atoms with Gasteiger partial charge in [0, 0.05) is 12.1 Å². The summed E-state index contributed by atoms with van der Waals surface area (Å²) in [7, 11) is 0. The monoisotopic (exact) mass is 292 g/mol. The number of nitrogens with one attached hydrogen (secondary N) is 2. The van der Waals surface area contributed by atoms with Crippen LogP contribution in [0.15, 0.2) is 18.2 Å². The van der Waals surface area contributed by atoms with Crippen LogP contribution in [0.3, 0.4) is 0 Å². The minimum Gasteiger partial charge on any atom is -0.352 e. The maximum Gasteiger partial charge on any atom is 0.237 e. The Morgan fingerprint density at radius 2 is 1.95 bits per heavy atom. The van der Waals surface area contributed by atoms with Gasteiger partial charge in [-0.3, -0.25) is 10.1 Å². The van der Waals surface area contributed by atoms with Gasteiger partial charge in [0.2, 0.25) is 5.91 Å². The van der Waals surface area contributed by atoms with E-state index in [-0.39, 0.29) is 23.8 Å². The van der Waals surface area contributed by atoms with Gasteiger partial charge in [0.1, 0.15) is 5.82 Å². The number of hydrogen-bond donors (Lipinski definition) is 2. The molecule has 4 heteroatoms. The summed E-state index contributed by atoms with van der Waals surface area (Å²) in [5.74, 6) is -0.175. The van der Waals surface area contributed by atoms with Crippen molar-refractivity contribution in [1.82, 2.24) is 10.6 Å². The summed E-state index contributed by atoms with van der Waals surface area (Å²) >= 11 is 0. The van der Waals surface area contributed by atoms with Crippen molar-refractivity contribution in [2.75, 3.05) is 0 Å². The van der Waals surface area contributed by atoms with E-state index in [1.165, 1.54) is 18.9 Å². The molecule has 0 saturated heterocycles. The van der Waals surface area contributed by atoms with Crippen LogP contribution in [-0.2, 0) is 4.79 Å². The van der Waals surface area contributed by atoms with Crippen molar-refractivity contribution >= 4 is 5.91 Å². The third kappa shape index (κ3) is 4.27. The van der Waals surface area contributed by atoms with E-state index in [1.54, 1.807) is 13.0 Å². The largest absolute Gasteiger partial charge is 0.352 e. The SMILES string of the molecule is Cc1ccc(C(C)NC(C)C(=O)NC2CCCC2)cc1F. The smallest absolute Gasteiger partial charge is 0.237 e. The van der Waals surface area contributed by atoms with Gasteiger partial charge in [-0.15, -0.1) is 0 Å². The van der Waals surface area contributed by atoms with Gasteiger partial charge in [0.05, 0.1) is 6.04 Å². The van der Waals surface area contributed by atoms with Crippen LogP contribution in [0.1, 0.15) is 56.7 Å². The van der Waals surface area contributed by atoms with E-state index < -0.39 is 0 Å². The predicted molar refractivity (Wildman–Crippen MR) is 82.5 cm³/mol. The molecular weight excluding hydrogens is 267 g/mol. The quantitative estimate of drug-likeness (QED) is 0.875. The fourth-order valence-electron chi connectivity index (χ4n) is 2.82. The minimum absolute atomic E-state index is 0.0290. The summed E-state index contributed by atoms with van der Waals surface area (Å²) in [5, 5.41) is 6.32. The third-order valence-corrected chi connectivity index (χ3v) is 4.29. The van der Waals surface area contributed by atoms with Crippen LogP contribution in [0.5, 0.6) is 0 Å². The molecule has 2 N–H and O–H groups in total. The summed E-state index contributed by atoms with van der Waals surface area (Å²) in [4.78, 5) is 12.1. The van der Waals surface area contributed by atoms with Gasteiger partial charge in [0.15, 0.2) is 0 Å². The normalized spacial score (nSPS) is 18.5. The lowest BCUT2D eigenvalue weighted by Gasteiger charge is -2.22. The van der Waals surface area contributed by atoms with Crippen LogP contribution >= 0.6 is 0 Å². The Hall–Kier alpha value is -1.42. The molecule has 1 aromatic rings. The topological polar surface area (TPSA) is 41.1 Å². The van der Waals surface area contributed by atoms with Crippen molar-refractivity contribution in [2.24, 2.45) is 0 Å². The highest BCUT2D eigenvalue weighted by Crippen LogP contribution is 2.19. The molecule has 3 nitrogen and oxygen atoms in total. The molecule has 1 saturated carbocycles. The molecule has 116 valence electrons. The van der Waals surface area contributed by atoms with E-state index in [9.17, 15) is 9.18 Å². The molecule has 0 bridgehead atoms. The minimum atomic E-state index is -0.287. The average molecular weight is 292 g/mol. The molecule has 0 heterocycles. The lowest BCUT2D eigenvalue weighted by Crippen LogP contribution is -2.46. The lowest BCUT2D eigenvalue weighted by atomic mass is 10.0. The van der Waals surface area contributed by atoms with Gasteiger partial charge in [-0.25, -0.2) is 4.39 Å². The van der Waals surface area contributed by atoms with E-state index in [0.717, 1.165) is 18.4 Å². The zero-order chi connectivity index (χ0) is 15.4. The number of carbonyl (C=O) groups excluding carboxylic acids is 1. The molecule has 0 radical (unpaired) electrons. The summed E-state index contributed by atoms with van der Waals surface area (Å²) < 4.78 is 13.6. The summed E-state index contributed by atoms with van der Waals surface area (Å²) in [6, 6.07) is 5.18. The molecule has 21 heavy (non-hydrogen) atoms. The maximum atomic E-state index is 13.6. The van der Waals surface area contributed by atoms with Crippen molar-refractivity contribution in [3.8, 4) is 0 Å². The number of amides is 1. The number of halogens is 1. The summed E-state index contributed by atoms with van der Waals surface area (Å²) in [6.45, 7) is 5.55. The Morgan fingerprint density at radius 3 is 2.57 bits per heavy atom. The molecule has 1 aliphatic carbocycles. The number of carbonyl (C=O) groups is 1. The molecule has 0 spiro atoms. The summed E-state index contributed by atoms with van der Waals surface area (Å²) in [5.41, 5.74) is 1.50. The van der Waals surface area contributed by atoms with Crippen LogP contribution in [-0.4, -0.2) is 18.0 Å². The first-order valence-corrected chi connectivity index (χ1v) is 7.80. The molecule has 1 fully saturated rings. The highest BCUT2D eigenvalue weighted by atomic mass is 19.1. The van der Waals surface area contributed by atoms with Gasteiger partial charge in [0.25, 0.3) is 0 Å². The van der Waals surface area contributed by atoms with Crippen LogP contribution in [0.2, 0.25) is 0 Å². The number of hydrogen-bond acceptors (Lipinski definition) is 2. The zero-order valence-corrected chi connectivity index (χ0v) is 13.1. The van der Waals surface area contributed by atoms with Gasteiger partial charge in [-0.05, 0) is 50.8 Å². The average Bonchev–Trinajstić information content (AvgIpc) is 2.94. The Morgan fingerprint density at radius 1 is 1.29 bits per heavy atom. The molecule has 1 aromatic carbocycles. The van der Waals surface area contributed by atoms with Crippen LogP contribution in [0.25, 0.3) is 0 Å². The number of rotatable bonds is 5. The Labute approximate surface area is 126 Å².